The molecule has 7 heteroatoms. The molecule has 1 aliphatic heterocycles. The van der Waals surface area contributed by atoms with E-state index in [0.717, 1.165) is 45.4 Å². The van der Waals surface area contributed by atoms with Crippen molar-refractivity contribution in [3.8, 4) is 0 Å². The fraction of sp³-hybridized carbons (Fsp3) is 0.947. The molecule has 0 bridgehead atoms. The topological polar surface area (TPSA) is 69.1 Å². The fourth-order valence-electron chi connectivity index (χ4n) is 3.93. The second kappa shape index (κ2) is 11.7. The van der Waals surface area contributed by atoms with Crippen LogP contribution in [0.4, 0.5) is 0 Å². The number of nitrogens with one attached hydrogen (secondary N) is 2. The van der Waals surface area contributed by atoms with Crippen LogP contribution in [-0.4, -0.2) is 74.0 Å². The molecule has 0 aromatic carbocycles. The molecule has 0 spiro atoms. The molecule has 2 rings (SSSR count). The Hall–Kier alpha value is -0.120. The summed E-state index contributed by atoms with van der Waals surface area (Å²) >= 11 is 0. The third-order valence-electron chi connectivity index (χ3n) is 5.64. The number of nitrogens with zero attached hydrogens (tertiary/aromatic N) is 2. The Morgan fingerprint density at radius 2 is 1.85 bits per heavy atom. The van der Waals surface area contributed by atoms with Crippen LogP contribution in [0.2, 0.25) is 0 Å². The van der Waals surface area contributed by atoms with Crippen LogP contribution >= 0.6 is 24.0 Å². The van der Waals surface area contributed by atoms with Crippen molar-refractivity contribution in [1.82, 2.24) is 15.5 Å². The van der Waals surface area contributed by atoms with Crippen molar-refractivity contribution in [3.63, 3.8) is 0 Å². The maximum absolute atomic E-state index is 10.7. The predicted octanol–water partition coefficient (Wildman–Crippen LogP) is 2.21. The molecule has 26 heavy (non-hydrogen) atoms. The van der Waals surface area contributed by atoms with Gasteiger partial charge in [-0.25, -0.2) is 0 Å². The number of aliphatic hydroxyl groups is 1. The second-order valence-electron chi connectivity index (χ2n) is 7.99. The molecule has 6 nitrogen and oxygen atoms in total. The lowest BCUT2D eigenvalue weighted by atomic mass is 9.83. The maximum atomic E-state index is 10.7. The molecular formula is C19H39IN4O2. The van der Waals surface area contributed by atoms with Gasteiger partial charge in [0.05, 0.1) is 25.4 Å². The molecule has 1 aliphatic carbocycles. The third-order valence-corrected chi connectivity index (χ3v) is 5.64. The highest BCUT2D eigenvalue weighted by molar-refractivity contribution is 14.0. The van der Waals surface area contributed by atoms with Gasteiger partial charge >= 0.3 is 0 Å². The van der Waals surface area contributed by atoms with E-state index < -0.39 is 5.60 Å². The van der Waals surface area contributed by atoms with Crippen LogP contribution in [0, 0.1) is 5.41 Å². The van der Waals surface area contributed by atoms with E-state index in [2.05, 4.69) is 34.4 Å². The van der Waals surface area contributed by atoms with Crippen molar-refractivity contribution in [2.45, 2.75) is 58.5 Å². The first-order valence-corrected chi connectivity index (χ1v) is 10.0. The van der Waals surface area contributed by atoms with E-state index in [1.165, 1.54) is 32.1 Å². The summed E-state index contributed by atoms with van der Waals surface area (Å²) in [6, 6.07) is 0. The van der Waals surface area contributed by atoms with Gasteiger partial charge in [0.2, 0.25) is 0 Å². The number of halogens is 1. The number of hydrogen-bond donors (Lipinski definition) is 3. The monoisotopic (exact) mass is 482 g/mol. The normalized spacial score (nSPS) is 23.2. The van der Waals surface area contributed by atoms with E-state index >= 15 is 0 Å². The molecule has 1 unspecified atom stereocenters. The summed E-state index contributed by atoms with van der Waals surface area (Å²) in [5.74, 6) is 0.824. The molecule has 2 aliphatic rings. The van der Waals surface area contributed by atoms with Crippen LogP contribution in [-0.2, 0) is 4.74 Å². The minimum absolute atomic E-state index is 0. The maximum Gasteiger partial charge on any atom is 0.191 e. The molecule has 0 radical (unpaired) electrons. The lowest BCUT2D eigenvalue weighted by Gasteiger charge is -2.33. The number of rotatable bonds is 8. The van der Waals surface area contributed by atoms with E-state index in [4.69, 9.17) is 4.74 Å². The van der Waals surface area contributed by atoms with Crippen LogP contribution in [0.5, 0.6) is 0 Å². The summed E-state index contributed by atoms with van der Waals surface area (Å²) in [4.78, 5) is 6.92. The summed E-state index contributed by atoms with van der Waals surface area (Å²) in [6.07, 6.45) is 6.53. The lowest BCUT2D eigenvalue weighted by molar-refractivity contribution is -0.0180. The first kappa shape index (κ1) is 23.9. The highest BCUT2D eigenvalue weighted by Crippen LogP contribution is 2.40. The fourth-order valence-corrected chi connectivity index (χ4v) is 3.93. The molecule has 3 N–H and O–H groups in total. The van der Waals surface area contributed by atoms with Crippen molar-refractivity contribution in [2.75, 3.05) is 52.5 Å². The van der Waals surface area contributed by atoms with Gasteiger partial charge in [-0.15, -0.1) is 24.0 Å². The third kappa shape index (κ3) is 7.86. The molecule has 0 amide bonds. The van der Waals surface area contributed by atoms with Crippen molar-refractivity contribution in [3.05, 3.63) is 0 Å². The molecular weight excluding hydrogens is 443 g/mol. The van der Waals surface area contributed by atoms with Crippen molar-refractivity contribution in [2.24, 2.45) is 10.4 Å². The van der Waals surface area contributed by atoms with Gasteiger partial charge in [-0.1, -0.05) is 19.8 Å². The molecule has 0 aromatic heterocycles. The molecule has 1 atom stereocenters. The summed E-state index contributed by atoms with van der Waals surface area (Å²) < 4.78 is 5.37. The Bertz CT molecular complexity index is 420. The Morgan fingerprint density at radius 1 is 1.19 bits per heavy atom. The van der Waals surface area contributed by atoms with Crippen molar-refractivity contribution >= 4 is 29.9 Å². The first-order chi connectivity index (χ1) is 12.0. The van der Waals surface area contributed by atoms with E-state index in [-0.39, 0.29) is 24.0 Å². The number of aliphatic imine (C=N–C) groups is 1. The van der Waals surface area contributed by atoms with Gasteiger partial charge in [0.15, 0.2) is 5.96 Å². The zero-order valence-corrected chi connectivity index (χ0v) is 19.2. The molecule has 1 saturated heterocycles. The standard InChI is InChI=1S/C19H38N4O2.HI/c1-4-19(8-6-7-9-19)15-22-17(20-5-2)21-14-18(3,24)16-23-10-12-25-13-11-23;/h24H,4-16H2,1-3H3,(H2,20,21,22);1H. The Labute approximate surface area is 176 Å². The minimum Gasteiger partial charge on any atom is -0.387 e. The quantitative estimate of drug-likeness (QED) is 0.281. The van der Waals surface area contributed by atoms with Gasteiger partial charge in [0.25, 0.3) is 0 Å². The van der Waals surface area contributed by atoms with Gasteiger partial charge in [-0.05, 0) is 38.5 Å². The van der Waals surface area contributed by atoms with Gasteiger partial charge < -0.3 is 20.5 Å². The zero-order chi connectivity index (χ0) is 18.2. The van der Waals surface area contributed by atoms with E-state index in [1.807, 2.05) is 6.92 Å². The Kier molecular flexibility index (Phi) is 10.7. The van der Waals surface area contributed by atoms with Gasteiger partial charge in [0.1, 0.15) is 0 Å². The summed E-state index contributed by atoms with van der Waals surface area (Å²) in [7, 11) is 0. The lowest BCUT2D eigenvalue weighted by Crippen LogP contribution is -2.48. The average Bonchev–Trinajstić information content (AvgIpc) is 3.07. The number of morpholine rings is 1. The summed E-state index contributed by atoms with van der Waals surface area (Å²) in [5, 5.41) is 17.6. The Balaban J connectivity index is 0.00000338. The van der Waals surface area contributed by atoms with Gasteiger partial charge in [-0.3, -0.25) is 9.89 Å². The van der Waals surface area contributed by atoms with E-state index in [9.17, 15) is 5.11 Å². The number of ether oxygens (including phenoxy) is 1. The molecule has 1 saturated carbocycles. The van der Waals surface area contributed by atoms with Crippen molar-refractivity contribution < 1.29 is 9.84 Å². The van der Waals surface area contributed by atoms with Crippen LogP contribution in [0.3, 0.4) is 0 Å². The largest absolute Gasteiger partial charge is 0.387 e. The second-order valence-corrected chi connectivity index (χ2v) is 7.99. The molecule has 0 aromatic rings. The van der Waals surface area contributed by atoms with E-state index in [0.29, 0.717) is 18.5 Å². The average molecular weight is 482 g/mol. The summed E-state index contributed by atoms with van der Waals surface area (Å²) in [5.41, 5.74) is -0.401. The highest BCUT2D eigenvalue weighted by Gasteiger charge is 2.32. The minimum atomic E-state index is -0.824. The van der Waals surface area contributed by atoms with Crippen LogP contribution in [0.1, 0.15) is 52.9 Å². The highest BCUT2D eigenvalue weighted by atomic mass is 127. The number of β-amino-alcohol motifs (C(OH)–C–C–N with tert-alkyl or cyclic N) is 1. The zero-order valence-electron chi connectivity index (χ0n) is 16.9. The van der Waals surface area contributed by atoms with Crippen molar-refractivity contribution in [1.29, 1.82) is 0 Å². The Morgan fingerprint density at radius 3 is 2.42 bits per heavy atom. The van der Waals surface area contributed by atoms with Gasteiger partial charge in [0, 0.05) is 32.7 Å². The summed E-state index contributed by atoms with van der Waals surface area (Å²) in [6.45, 7) is 12.4. The molecule has 1 heterocycles. The van der Waals surface area contributed by atoms with Gasteiger partial charge in [-0.2, -0.15) is 0 Å². The van der Waals surface area contributed by atoms with Crippen LogP contribution < -0.4 is 10.6 Å². The first-order valence-electron chi connectivity index (χ1n) is 10.0. The number of guanidine groups is 1. The number of hydrogen-bond acceptors (Lipinski definition) is 4. The van der Waals surface area contributed by atoms with E-state index in [1.54, 1.807) is 0 Å². The van der Waals surface area contributed by atoms with Crippen LogP contribution in [0.25, 0.3) is 0 Å². The SMILES string of the molecule is CCNC(=NCC(C)(O)CN1CCOCC1)NCC1(CC)CCCC1.I. The predicted molar refractivity (Wildman–Crippen MR) is 118 cm³/mol. The molecule has 2 fully saturated rings. The van der Waals surface area contributed by atoms with Crippen LogP contribution in [0.15, 0.2) is 4.99 Å². The smallest absolute Gasteiger partial charge is 0.191 e. The molecule has 154 valence electrons.